The highest BCUT2D eigenvalue weighted by atomic mass is 16.1. The van der Waals surface area contributed by atoms with Crippen molar-refractivity contribution >= 4 is 0 Å². The Balaban J connectivity index is 2.10. The smallest absolute Gasteiger partial charge is 0.255 e. The molecule has 0 spiro atoms. The van der Waals surface area contributed by atoms with Crippen molar-refractivity contribution < 1.29 is 0 Å². The van der Waals surface area contributed by atoms with Crippen LogP contribution in [0.3, 0.4) is 0 Å². The molecule has 0 amide bonds. The second-order valence-corrected chi connectivity index (χ2v) is 5.63. The third kappa shape index (κ3) is 3.56. The first-order chi connectivity index (χ1) is 11.8. The molecule has 0 aliphatic heterocycles. The van der Waals surface area contributed by atoms with Crippen LogP contribution in [-0.4, -0.2) is 19.9 Å². The molecule has 0 aliphatic carbocycles. The summed E-state index contributed by atoms with van der Waals surface area (Å²) in [5.74, 6) is 0.473. The van der Waals surface area contributed by atoms with Gasteiger partial charge in [0.25, 0.3) is 5.56 Å². The SMILES string of the molecule is CCCCCc1c(-c2ccccn2)nc(-c2ccccn2)[nH]c1=O. The van der Waals surface area contributed by atoms with Gasteiger partial charge >= 0.3 is 0 Å². The van der Waals surface area contributed by atoms with Gasteiger partial charge in [-0.2, -0.15) is 0 Å². The molecule has 0 unspecified atom stereocenters. The van der Waals surface area contributed by atoms with E-state index < -0.39 is 0 Å². The lowest BCUT2D eigenvalue weighted by molar-refractivity contribution is 0.711. The van der Waals surface area contributed by atoms with Crippen molar-refractivity contribution in [3.05, 3.63) is 64.7 Å². The summed E-state index contributed by atoms with van der Waals surface area (Å²) in [5.41, 5.74) is 2.60. The van der Waals surface area contributed by atoms with Crippen LogP contribution in [0.2, 0.25) is 0 Å². The molecule has 1 N–H and O–H groups in total. The summed E-state index contributed by atoms with van der Waals surface area (Å²) in [6.45, 7) is 2.15. The van der Waals surface area contributed by atoms with Crippen LogP contribution in [-0.2, 0) is 6.42 Å². The van der Waals surface area contributed by atoms with Gasteiger partial charge in [0.05, 0.1) is 11.4 Å². The van der Waals surface area contributed by atoms with E-state index >= 15 is 0 Å². The van der Waals surface area contributed by atoms with E-state index in [4.69, 9.17) is 0 Å². The Morgan fingerprint density at radius 1 is 0.958 bits per heavy atom. The number of aromatic amines is 1. The third-order valence-electron chi connectivity index (χ3n) is 3.86. The highest BCUT2D eigenvalue weighted by Crippen LogP contribution is 2.21. The fraction of sp³-hybridized carbons (Fsp3) is 0.263. The van der Waals surface area contributed by atoms with E-state index in [1.165, 1.54) is 0 Å². The second kappa shape index (κ2) is 7.64. The first-order valence-electron chi connectivity index (χ1n) is 8.25. The molecule has 24 heavy (non-hydrogen) atoms. The van der Waals surface area contributed by atoms with E-state index in [1.807, 2.05) is 36.4 Å². The van der Waals surface area contributed by atoms with Gasteiger partial charge in [-0.05, 0) is 37.1 Å². The van der Waals surface area contributed by atoms with Crippen molar-refractivity contribution in [3.8, 4) is 22.9 Å². The third-order valence-corrected chi connectivity index (χ3v) is 3.86. The highest BCUT2D eigenvalue weighted by molar-refractivity contribution is 5.62. The Labute approximate surface area is 140 Å². The molecule has 0 atom stereocenters. The Bertz CT molecular complexity index is 844. The van der Waals surface area contributed by atoms with Gasteiger partial charge in [0.1, 0.15) is 5.69 Å². The summed E-state index contributed by atoms with van der Waals surface area (Å²) in [4.78, 5) is 28.9. The van der Waals surface area contributed by atoms with Gasteiger partial charge in [-0.1, -0.05) is 31.9 Å². The summed E-state index contributed by atoms with van der Waals surface area (Å²) in [7, 11) is 0. The predicted molar refractivity (Wildman–Crippen MR) is 94.5 cm³/mol. The number of hydrogen-bond donors (Lipinski definition) is 1. The van der Waals surface area contributed by atoms with Crippen molar-refractivity contribution in [2.24, 2.45) is 0 Å². The molecule has 5 nitrogen and oxygen atoms in total. The summed E-state index contributed by atoms with van der Waals surface area (Å²) >= 11 is 0. The molecule has 0 saturated carbocycles. The number of aromatic nitrogens is 4. The Morgan fingerprint density at radius 3 is 2.29 bits per heavy atom. The molecule has 5 heteroatoms. The van der Waals surface area contributed by atoms with Crippen molar-refractivity contribution in [1.82, 2.24) is 19.9 Å². The van der Waals surface area contributed by atoms with Crippen LogP contribution in [0.1, 0.15) is 31.7 Å². The van der Waals surface area contributed by atoms with E-state index in [1.54, 1.807) is 12.4 Å². The maximum Gasteiger partial charge on any atom is 0.255 e. The lowest BCUT2D eigenvalue weighted by atomic mass is 10.0. The Morgan fingerprint density at radius 2 is 1.67 bits per heavy atom. The molecular formula is C19H20N4O. The maximum atomic E-state index is 12.7. The van der Waals surface area contributed by atoms with E-state index in [0.717, 1.165) is 19.3 Å². The second-order valence-electron chi connectivity index (χ2n) is 5.63. The number of H-pyrrole nitrogens is 1. The van der Waals surface area contributed by atoms with Crippen LogP contribution >= 0.6 is 0 Å². The van der Waals surface area contributed by atoms with Gasteiger partial charge < -0.3 is 4.98 Å². The molecule has 3 rings (SSSR count). The lowest BCUT2D eigenvalue weighted by Gasteiger charge is -2.09. The first-order valence-corrected chi connectivity index (χ1v) is 8.25. The van der Waals surface area contributed by atoms with Crippen LogP contribution in [0.25, 0.3) is 22.9 Å². The van der Waals surface area contributed by atoms with Crippen molar-refractivity contribution in [2.75, 3.05) is 0 Å². The van der Waals surface area contributed by atoms with Crippen LogP contribution < -0.4 is 5.56 Å². The number of nitrogens with zero attached hydrogens (tertiary/aromatic N) is 3. The standard InChI is InChI=1S/C19H20N4O/c1-2-3-4-9-14-17(15-10-5-7-12-20-15)22-18(23-19(14)24)16-11-6-8-13-21-16/h5-8,10-13H,2-4,9H2,1H3,(H,22,23,24). The lowest BCUT2D eigenvalue weighted by Crippen LogP contribution is -2.18. The minimum Gasteiger partial charge on any atom is -0.305 e. The topological polar surface area (TPSA) is 71.5 Å². The zero-order valence-electron chi connectivity index (χ0n) is 13.7. The zero-order valence-corrected chi connectivity index (χ0v) is 13.7. The van der Waals surface area contributed by atoms with E-state index in [-0.39, 0.29) is 5.56 Å². The summed E-state index contributed by atoms with van der Waals surface area (Å²) in [6, 6.07) is 11.2. The van der Waals surface area contributed by atoms with Crippen molar-refractivity contribution in [3.63, 3.8) is 0 Å². The zero-order chi connectivity index (χ0) is 16.8. The Hall–Kier alpha value is -2.82. The van der Waals surface area contributed by atoms with Gasteiger partial charge in [0, 0.05) is 18.0 Å². The summed E-state index contributed by atoms with van der Waals surface area (Å²) < 4.78 is 0. The van der Waals surface area contributed by atoms with Gasteiger partial charge in [-0.25, -0.2) is 4.98 Å². The van der Waals surface area contributed by atoms with Gasteiger partial charge in [-0.15, -0.1) is 0 Å². The fourth-order valence-electron chi connectivity index (χ4n) is 2.62. The van der Waals surface area contributed by atoms with Crippen molar-refractivity contribution in [2.45, 2.75) is 32.6 Å². The molecule has 3 heterocycles. The number of unbranched alkanes of at least 4 members (excludes halogenated alkanes) is 2. The number of rotatable bonds is 6. The molecule has 3 aromatic heterocycles. The molecule has 0 aliphatic rings. The van der Waals surface area contributed by atoms with Gasteiger partial charge in [0.2, 0.25) is 0 Å². The van der Waals surface area contributed by atoms with Crippen LogP contribution in [0.5, 0.6) is 0 Å². The molecule has 0 bridgehead atoms. The highest BCUT2D eigenvalue weighted by Gasteiger charge is 2.15. The maximum absolute atomic E-state index is 12.7. The largest absolute Gasteiger partial charge is 0.305 e. The minimum absolute atomic E-state index is 0.109. The van der Waals surface area contributed by atoms with Crippen LogP contribution in [0.4, 0.5) is 0 Å². The van der Waals surface area contributed by atoms with Gasteiger partial charge in [-0.3, -0.25) is 14.8 Å². The molecule has 122 valence electrons. The van der Waals surface area contributed by atoms with E-state index in [2.05, 4.69) is 26.9 Å². The quantitative estimate of drug-likeness (QED) is 0.704. The summed E-state index contributed by atoms with van der Waals surface area (Å²) in [5, 5.41) is 0. The van der Waals surface area contributed by atoms with E-state index in [0.29, 0.717) is 34.9 Å². The molecule has 0 fully saturated rings. The number of pyridine rings is 2. The molecular weight excluding hydrogens is 300 g/mol. The molecule has 0 aromatic carbocycles. The van der Waals surface area contributed by atoms with Gasteiger partial charge in [0.15, 0.2) is 5.82 Å². The number of nitrogens with one attached hydrogen (secondary N) is 1. The number of hydrogen-bond acceptors (Lipinski definition) is 4. The van der Waals surface area contributed by atoms with Crippen LogP contribution in [0, 0.1) is 0 Å². The predicted octanol–water partition coefficient (Wildman–Crippen LogP) is 3.63. The first kappa shape index (κ1) is 16.1. The van der Waals surface area contributed by atoms with Crippen molar-refractivity contribution in [1.29, 1.82) is 0 Å². The average Bonchev–Trinajstić information content (AvgIpc) is 2.64. The minimum atomic E-state index is -0.109. The fourth-order valence-corrected chi connectivity index (χ4v) is 2.62. The normalized spacial score (nSPS) is 10.7. The summed E-state index contributed by atoms with van der Waals surface area (Å²) in [6.07, 6.45) is 7.26. The molecule has 0 saturated heterocycles. The molecule has 3 aromatic rings. The Kier molecular flexibility index (Phi) is 5.11. The van der Waals surface area contributed by atoms with Crippen LogP contribution in [0.15, 0.2) is 53.6 Å². The molecule has 0 radical (unpaired) electrons. The van der Waals surface area contributed by atoms with E-state index in [9.17, 15) is 4.79 Å². The average molecular weight is 320 g/mol. The monoisotopic (exact) mass is 320 g/mol.